The molecule has 1 aliphatic heterocycles. The van der Waals surface area contributed by atoms with Crippen molar-refractivity contribution in [1.29, 1.82) is 0 Å². The number of fused-ring (bicyclic) bond motifs is 1. The molecule has 0 fully saturated rings. The first-order valence-electron chi connectivity index (χ1n) is 5.78. The summed E-state index contributed by atoms with van der Waals surface area (Å²) in [7, 11) is 1.43. The Balaban J connectivity index is 2.45. The Bertz CT molecular complexity index is 449. The topological polar surface area (TPSA) is 39.7 Å². The highest BCUT2D eigenvalue weighted by atomic mass is 19.4. The summed E-state index contributed by atoms with van der Waals surface area (Å²) < 4.78 is 49.4. The number of nitrogens with one attached hydrogen (secondary N) is 1. The normalized spacial score (nSPS) is 15.2. The SMILES string of the molecule is CONCc1ccc(C(F)(F)F)c2c1OCCCO2. The summed E-state index contributed by atoms with van der Waals surface area (Å²) in [6.45, 7) is 0.770. The highest BCUT2D eigenvalue weighted by Crippen LogP contribution is 2.44. The van der Waals surface area contributed by atoms with Crippen LogP contribution in [-0.2, 0) is 17.6 Å². The molecule has 0 bridgehead atoms. The third kappa shape index (κ3) is 3.10. The van der Waals surface area contributed by atoms with Gasteiger partial charge in [0.05, 0.1) is 20.3 Å². The zero-order chi connectivity index (χ0) is 13.9. The maximum absolute atomic E-state index is 12.9. The molecular weight excluding hydrogens is 263 g/mol. The zero-order valence-electron chi connectivity index (χ0n) is 10.3. The summed E-state index contributed by atoms with van der Waals surface area (Å²) in [4.78, 5) is 4.70. The van der Waals surface area contributed by atoms with Crippen molar-refractivity contribution in [3.8, 4) is 11.5 Å². The van der Waals surface area contributed by atoms with Crippen LogP contribution in [0.2, 0.25) is 0 Å². The Morgan fingerprint density at radius 3 is 2.53 bits per heavy atom. The minimum Gasteiger partial charge on any atom is -0.489 e. The molecule has 0 saturated heterocycles. The fourth-order valence-electron chi connectivity index (χ4n) is 1.82. The average Bonchev–Trinajstić information content (AvgIpc) is 2.60. The molecule has 2 rings (SSSR count). The first-order chi connectivity index (χ1) is 9.04. The summed E-state index contributed by atoms with van der Waals surface area (Å²) in [6.07, 6.45) is -3.92. The van der Waals surface area contributed by atoms with E-state index in [0.717, 1.165) is 6.07 Å². The lowest BCUT2D eigenvalue weighted by atomic mass is 10.1. The number of rotatable bonds is 3. The van der Waals surface area contributed by atoms with Gasteiger partial charge in [0.2, 0.25) is 0 Å². The second-order valence-corrected chi connectivity index (χ2v) is 4.00. The van der Waals surface area contributed by atoms with Gasteiger partial charge in [0.1, 0.15) is 5.56 Å². The fourth-order valence-corrected chi connectivity index (χ4v) is 1.82. The second kappa shape index (κ2) is 5.66. The van der Waals surface area contributed by atoms with Gasteiger partial charge < -0.3 is 14.3 Å². The number of hydrogen-bond acceptors (Lipinski definition) is 4. The quantitative estimate of drug-likeness (QED) is 0.862. The van der Waals surface area contributed by atoms with Crippen molar-refractivity contribution in [1.82, 2.24) is 5.48 Å². The Morgan fingerprint density at radius 1 is 1.21 bits per heavy atom. The lowest BCUT2D eigenvalue weighted by molar-refractivity contribution is -0.139. The number of hydroxylamine groups is 1. The Kier molecular flexibility index (Phi) is 4.16. The van der Waals surface area contributed by atoms with Crippen molar-refractivity contribution >= 4 is 0 Å². The molecule has 0 spiro atoms. The first kappa shape index (κ1) is 14.0. The number of halogens is 3. The Labute approximate surface area is 108 Å². The predicted octanol–water partition coefficient (Wildman–Crippen LogP) is 2.52. The van der Waals surface area contributed by atoms with Crippen molar-refractivity contribution in [2.24, 2.45) is 0 Å². The molecule has 0 saturated carbocycles. The van der Waals surface area contributed by atoms with E-state index in [4.69, 9.17) is 14.3 Å². The van der Waals surface area contributed by atoms with Crippen molar-refractivity contribution in [3.63, 3.8) is 0 Å². The second-order valence-electron chi connectivity index (χ2n) is 4.00. The highest BCUT2D eigenvalue weighted by molar-refractivity contribution is 5.53. The van der Waals surface area contributed by atoms with Gasteiger partial charge in [-0.25, -0.2) is 0 Å². The summed E-state index contributed by atoms with van der Waals surface area (Å²) in [5, 5.41) is 0. The maximum atomic E-state index is 12.9. The van der Waals surface area contributed by atoms with Crippen LogP contribution >= 0.6 is 0 Å². The van der Waals surface area contributed by atoms with Crippen LogP contribution in [0.3, 0.4) is 0 Å². The molecule has 1 N–H and O–H groups in total. The summed E-state index contributed by atoms with van der Waals surface area (Å²) in [5.74, 6) is -0.0997. The molecule has 106 valence electrons. The average molecular weight is 277 g/mol. The van der Waals surface area contributed by atoms with Crippen LogP contribution in [0, 0.1) is 0 Å². The van der Waals surface area contributed by atoms with Crippen molar-refractivity contribution in [2.45, 2.75) is 19.1 Å². The largest absolute Gasteiger partial charge is 0.489 e. The van der Waals surface area contributed by atoms with Gasteiger partial charge in [-0.05, 0) is 6.07 Å². The summed E-state index contributed by atoms with van der Waals surface area (Å²) in [6, 6.07) is 2.36. The van der Waals surface area contributed by atoms with E-state index in [9.17, 15) is 13.2 Å². The standard InChI is InChI=1S/C12H14F3NO3/c1-17-16-7-8-3-4-9(12(13,14)15)11-10(8)18-5-2-6-19-11/h3-4,16H,2,5-7H2,1H3. The van der Waals surface area contributed by atoms with Crippen LogP contribution in [0.5, 0.6) is 11.5 Å². The van der Waals surface area contributed by atoms with Crippen molar-refractivity contribution in [3.05, 3.63) is 23.3 Å². The first-order valence-corrected chi connectivity index (χ1v) is 5.78. The molecule has 0 aliphatic carbocycles. The number of ether oxygens (including phenoxy) is 2. The summed E-state index contributed by atoms with van der Waals surface area (Å²) >= 11 is 0. The molecule has 0 radical (unpaired) electrons. The van der Waals surface area contributed by atoms with E-state index in [1.807, 2.05) is 0 Å². The van der Waals surface area contributed by atoms with E-state index in [-0.39, 0.29) is 24.7 Å². The molecule has 1 aromatic rings. The number of alkyl halides is 3. The van der Waals surface area contributed by atoms with E-state index in [2.05, 4.69) is 5.48 Å². The van der Waals surface area contributed by atoms with Gasteiger partial charge in [-0.1, -0.05) is 6.07 Å². The van der Waals surface area contributed by atoms with Gasteiger partial charge in [-0.15, -0.1) is 0 Å². The minimum absolute atomic E-state index is 0.136. The van der Waals surface area contributed by atoms with Gasteiger partial charge in [0.15, 0.2) is 11.5 Å². The van der Waals surface area contributed by atoms with Crippen LogP contribution in [-0.4, -0.2) is 20.3 Å². The molecule has 4 nitrogen and oxygen atoms in total. The monoisotopic (exact) mass is 277 g/mol. The van der Waals surface area contributed by atoms with Crippen LogP contribution in [0.1, 0.15) is 17.5 Å². The van der Waals surface area contributed by atoms with Gasteiger partial charge >= 0.3 is 6.18 Å². The maximum Gasteiger partial charge on any atom is 0.420 e. The van der Waals surface area contributed by atoms with E-state index < -0.39 is 11.7 Å². The third-order valence-corrected chi connectivity index (χ3v) is 2.69. The van der Waals surface area contributed by atoms with E-state index in [1.165, 1.54) is 13.2 Å². The van der Waals surface area contributed by atoms with Crippen LogP contribution in [0.15, 0.2) is 12.1 Å². The zero-order valence-corrected chi connectivity index (χ0v) is 10.3. The van der Waals surface area contributed by atoms with Crippen molar-refractivity contribution < 1.29 is 27.5 Å². The van der Waals surface area contributed by atoms with Gasteiger partial charge in [-0.2, -0.15) is 18.7 Å². The van der Waals surface area contributed by atoms with Gasteiger partial charge in [0, 0.05) is 18.5 Å². The molecule has 1 heterocycles. The highest BCUT2D eigenvalue weighted by Gasteiger charge is 2.37. The molecule has 0 unspecified atom stereocenters. The smallest absolute Gasteiger partial charge is 0.420 e. The molecular formula is C12H14F3NO3. The summed E-state index contributed by atoms with van der Waals surface area (Å²) in [5.41, 5.74) is 2.32. The van der Waals surface area contributed by atoms with E-state index in [0.29, 0.717) is 18.6 Å². The lowest BCUT2D eigenvalue weighted by Gasteiger charge is -2.17. The van der Waals surface area contributed by atoms with Crippen LogP contribution < -0.4 is 15.0 Å². The van der Waals surface area contributed by atoms with Gasteiger partial charge in [0.25, 0.3) is 0 Å². The third-order valence-electron chi connectivity index (χ3n) is 2.69. The molecule has 0 aromatic heterocycles. The molecule has 1 aliphatic rings. The number of benzene rings is 1. The predicted molar refractivity (Wildman–Crippen MR) is 60.9 cm³/mol. The lowest BCUT2D eigenvalue weighted by Crippen LogP contribution is -2.14. The van der Waals surface area contributed by atoms with Crippen LogP contribution in [0.4, 0.5) is 13.2 Å². The Morgan fingerprint density at radius 2 is 1.89 bits per heavy atom. The molecule has 19 heavy (non-hydrogen) atoms. The van der Waals surface area contributed by atoms with E-state index >= 15 is 0 Å². The van der Waals surface area contributed by atoms with E-state index in [1.54, 1.807) is 0 Å². The molecule has 7 heteroatoms. The van der Waals surface area contributed by atoms with Crippen LogP contribution in [0.25, 0.3) is 0 Å². The molecule has 1 aromatic carbocycles. The molecule has 0 amide bonds. The van der Waals surface area contributed by atoms with Crippen molar-refractivity contribution in [2.75, 3.05) is 20.3 Å². The Hall–Kier alpha value is -1.47. The minimum atomic E-state index is -4.47. The number of hydrogen-bond donors (Lipinski definition) is 1. The molecule has 0 atom stereocenters. The van der Waals surface area contributed by atoms with Gasteiger partial charge in [-0.3, -0.25) is 0 Å². The fraction of sp³-hybridized carbons (Fsp3) is 0.500.